The van der Waals surface area contributed by atoms with Gasteiger partial charge in [0, 0.05) is 45.6 Å². The number of guanidine groups is 1. The molecule has 0 saturated carbocycles. The molecule has 0 aliphatic carbocycles. The highest BCUT2D eigenvalue weighted by atomic mass is 16.5. The Bertz CT molecular complexity index is 507. The summed E-state index contributed by atoms with van der Waals surface area (Å²) < 4.78 is 5.08. The Morgan fingerprint density at radius 2 is 1.92 bits per heavy atom. The topological polar surface area (TPSA) is 48.9 Å². The third kappa shape index (κ3) is 6.94. The lowest BCUT2D eigenvalue weighted by Crippen LogP contribution is -2.38. The van der Waals surface area contributed by atoms with Gasteiger partial charge in [-0.25, -0.2) is 4.99 Å². The van der Waals surface area contributed by atoms with Crippen molar-refractivity contribution >= 4 is 11.6 Å². The number of ether oxygens (including phenoxy) is 1. The molecular weight excluding hydrogens is 312 g/mol. The van der Waals surface area contributed by atoms with Gasteiger partial charge in [0.1, 0.15) is 0 Å². The molecule has 5 nitrogen and oxygen atoms in total. The third-order valence-electron chi connectivity index (χ3n) is 4.67. The SMILES string of the molecule is CCNC(=NCc1ccc(N2CCC(C)CC2)cc1)NCCCOC. The van der Waals surface area contributed by atoms with Crippen molar-refractivity contribution in [1.82, 2.24) is 10.6 Å². The van der Waals surface area contributed by atoms with Gasteiger partial charge in [0.15, 0.2) is 5.96 Å². The smallest absolute Gasteiger partial charge is 0.191 e. The first-order valence-corrected chi connectivity index (χ1v) is 9.58. The van der Waals surface area contributed by atoms with Crippen LogP contribution in [0.1, 0.15) is 38.7 Å². The van der Waals surface area contributed by atoms with Gasteiger partial charge in [-0.1, -0.05) is 19.1 Å². The van der Waals surface area contributed by atoms with Crippen molar-refractivity contribution in [3.63, 3.8) is 0 Å². The monoisotopic (exact) mass is 346 g/mol. The van der Waals surface area contributed by atoms with Gasteiger partial charge < -0.3 is 20.3 Å². The molecule has 5 heteroatoms. The first-order valence-electron chi connectivity index (χ1n) is 9.58. The summed E-state index contributed by atoms with van der Waals surface area (Å²) in [5, 5.41) is 6.63. The molecule has 1 aliphatic heterocycles. The van der Waals surface area contributed by atoms with Crippen LogP contribution in [0.4, 0.5) is 5.69 Å². The summed E-state index contributed by atoms with van der Waals surface area (Å²) in [6.45, 7) is 9.97. The standard InChI is InChI=1S/C20H34N4O/c1-4-21-20(22-12-5-15-25-3)23-16-18-6-8-19(9-7-18)24-13-10-17(2)11-14-24/h6-9,17H,4-5,10-16H2,1-3H3,(H2,21,22,23). The Hall–Kier alpha value is -1.75. The largest absolute Gasteiger partial charge is 0.385 e. The molecule has 1 aromatic rings. The summed E-state index contributed by atoms with van der Waals surface area (Å²) in [5.41, 5.74) is 2.58. The second kappa shape index (κ2) is 11.0. The van der Waals surface area contributed by atoms with Crippen molar-refractivity contribution in [2.45, 2.75) is 39.7 Å². The summed E-state index contributed by atoms with van der Waals surface area (Å²) in [6, 6.07) is 8.87. The summed E-state index contributed by atoms with van der Waals surface area (Å²) in [4.78, 5) is 7.17. The molecule has 25 heavy (non-hydrogen) atoms. The lowest BCUT2D eigenvalue weighted by atomic mass is 9.99. The fraction of sp³-hybridized carbons (Fsp3) is 0.650. The second-order valence-electron chi connectivity index (χ2n) is 6.80. The van der Waals surface area contributed by atoms with E-state index in [4.69, 9.17) is 4.74 Å². The Morgan fingerprint density at radius 3 is 2.56 bits per heavy atom. The molecule has 1 aromatic carbocycles. The number of benzene rings is 1. The maximum absolute atomic E-state index is 5.08. The van der Waals surface area contributed by atoms with Crippen molar-refractivity contribution in [2.24, 2.45) is 10.9 Å². The lowest BCUT2D eigenvalue weighted by Gasteiger charge is -2.32. The van der Waals surface area contributed by atoms with E-state index in [1.165, 1.54) is 37.2 Å². The van der Waals surface area contributed by atoms with E-state index in [1.807, 2.05) is 0 Å². The number of rotatable bonds is 8. The zero-order valence-electron chi connectivity index (χ0n) is 16.1. The molecule has 0 aromatic heterocycles. The normalized spacial score (nSPS) is 16.1. The predicted octanol–water partition coefficient (Wildman–Crippen LogP) is 3.01. The van der Waals surface area contributed by atoms with Gasteiger partial charge in [-0.15, -0.1) is 0 Å². The quantitative estimate of drug-likeness (QED) is 0.432. The zero-order chi connectivity index (χ0) is 17.9. The minimum absolute atomic E-state index is 0.691. The number of nitrogens with zero attached hydrogens (tertiary/aromatic N) is 2. The summed E-state index contributed by atoms with van der Waals surface area (Å²) in [7, 11) is 1.73. The van der Waals surface area contributed by atoms with Gasteiger partial charge in [-0.05, 0) is 49.8 Å². The van der Waals surface area contributed by atoms with Crippen molar-refractivity contribution in [3.05, 3.63) is 29.8 Å². The zero-order valence-corrected chi connectivity index (χ0v) is 16.1. The Balaban J connectivity index is 1.85. The predicted molar refractivity (Wildman–Crippen MR) is 106 cm³/mol. The van der Waals surface area contributed by atoms with Crippen LogP contribution in [-0.4, -0.2) is 45.9 Å². The highest BCUT2D eigenvalue weighted by Gasteiger charge is 2.15. The number of anilines is 1. The Labute approximate surface area is 152 Å². The van der Waals surface area contributed by atoms with E-state index in [2.05, 4.69) is 58.6 Å². The number of aliphatic imine (C=N–C) groups is 1. The minimum Gasteiger partial charge on any atom is -0.385 e. The van der Waals surface area contributed by atoms with E-state index in [-0.39, 0.29) is 0 Å². The summed E-state index contributed by atoms with van der Waals surface area (Å²) in [5.74, 6) is 1.73. The second-order valence-corrected chi connectivity index (χ2v) is 6.80. The van der Waals surface area contributed by atoms with E-state index in [0.29, 0.717) is 6.54 Å². The summed E-state index contributed by atoms with van der Waals surface area (Å²) in [6.07, 6.45) is 3.57. The van der Waals surface area contributed by atoms with Gasteiger partial charge in [0.2, 0.25) is 0 Å². The third-order valence-corrected chi connectivity index (χ3v) is 4.67. The van der Waals surface area contributed by atoms with E-state index in [9.17, 15) is 0 Å². The van der Waals surface area contributed by atoms with Crippen molar-refractivity contribution in [3.8, 4) is 0 Å². The first-order chi connectivity index (χ1) is 12.2. The van der Waals surface area contributed by atoms with Crippen LogP contribution in [0.15, 0.2) is 29.3 Å². The van der Waals surface area contributed by atoms with Crippen LogP contribution in [0, 0.1) is 5.92 Å². The summed E-state index contributed by atoms with van der Waals surface area (Å²) >= 11 is 0. The molecule has 2 rings (SSSR count). The lowest BCUT2D eigenvalue weighted by molar-refractivity contribution is 0.195. The highest BCUT2D eigenvalue weighted by Crippen LogP contribution is 2.23. The Morgan fingerprint density at radius 1 is 1.20 bits per heavy atom. The minimum atomic E-state index is 0.691. The molecule has 0 atom stereocenters. The number of hydrogen-bond acceptors (Lipinski definition) is 3. The maximum Gasteiger partial charge on any atom is 0.191 e. The molecule has 1 fully saturated rings. The van der Waals surface area contributed by atoms with Crippen LogP contribution in [0.3, 0.4) is 0 Å². The van der Waals surface area contributed by atoms with Gasteiger partial charge in [0.05, 0.1) is 6.54 Å². The van der Waals surface area contributed by atoms with E-state index in [1.54, 1.807) is 7.11 Å². The molecule has 1 saturated heterocycles. The van der Waals surface area contributed by atoms with Gasteiger partial charge >= 0.3 is 0 Å². The average molecular weight is 347 g/mol. The fourth-order valence-corrected chi connectivity index (χ4v) is 3.01. The number of nitrogens with one attached hydrogen (secondary N) is 2. The Kier molecular flexibility index (Phi) is 8.60. The van der Waals surface area contributed by atoms with Gasteiger partial charge in [-0.3, -0.25) is 0 Å². The van der Waals surface area contributed by atoms with E-state index < -0.39 is 0 Å². The number of methoxy groups -OCH3 is 1. The van der Waals surface area contributed by atoms with Crippen LogP contribution < -0.4 is 15.5 Å². The van der Waals surface area contributed by atoms with Crippen LogP contribution in [-0.2, 0) is 11.3 Å². The van der Waals surface area contributed by atoms with E-state index >= 15 is 0 Å². The molecular formula is C20H34N4O. The van der Waals surface area contributed by atoms with Crippen LogP contribution in [0.2, 0.25) is 0 Å². The molecule has 1 aliphatic rings. The molecule has 0 amide bonds. The molecule has 2 N–H and O–H groups in total. The van der Waals surface area contributed by atoms with E-state index in [0.717, 1.165) is 38.0 Å². The molecule has 0 bridgehead atoms. The molecule has 0 spiro atoms. The molecule has 0 unspecified atom stereocenters. The number of hydrogen-bond donors (Lipinski definition) is 2. The van der Waals surface area contributed by atoms with Crippen LogP contribution >= 0.6 is 0 Å². The van der Waals surface area contributed by atoms with Crippen LogP contribution in [0.25, 0.3) is 0 Å². The van der Waals surface area contributed by atoms with Crippen molar-refractivity contribution in [1.29, 1.82) is 0 Å². The first kappa shape index (κ1) is 19.6. The molecule has 140 valence electrons. The molecule has 0 radical (unpaired) electrons. The van der Waals surface area contributed by atoms with Crippen molar-refractivity contribution in [2.75, 3.05) is 44.8 Å². The molecule has 1 heterocycles. The maximum atomic E-state index is 5.08. The van der Waals surface area contributed by atoms with Crippen LogP contribution in [0.5, 0.6) is 0 Å². The fourth-order valence-electron chi connectivity index (χ4n) is 3.01. The van der Waals surface area contributed by atoms with Gasteiger partial charge in [0.25, 0.3) is 0 Å². The number of piperidine rings is 1. The van der Waals surface area contributed by atoms with Crippen molar-refractivity contribution < 1.29 is 4.74 Å². The average Bonchev–Trinajstić information content (AvgIpc) is 2.64. The van der Waals surface area contributed by atoms with Gasteiger partial charge in [-0.2, -0.15) is 0 Å². The highest BCUT2D eigenvalue weighted by molar-refractivity contribution is 5.79.